The molecule has 0 saturated carbocycles. The predicted octanol–water partition coefficient (Wildman–Crippen LogP) is 0.644. The van der Waals surface area contributed by atoms with Gasteiger partial charge in [0, 0.05) is 6.54 Å². The molecule has 0 aromatic heterocycles. The van der Waals surface area contributed by atoms with Crippen molar-refractivity contribution < 1.29 is 19.4 Å². The highest BCUT2D eigenvalue weighted by Gasteiger charge is 2.04. The lowest BCUT2D eigenvalue weighted by molar-refractivity contribution is -0.0816. The SMILES string of the molecule is C=C(C)C(O)OCCOC(=O)NCC. The largest absolute Gasteiger partial charge is 0.447 e. The lowest BCUT2D eigenvalue weighted by Crippen LogP contribution is -2.26. The molecule has 0 aromatic rings. The standard InChI is InChI=1S/C9H17NO4/c1-4-10-9(12)14-6-5-13-8(11)7(2)3/h8,11H,2,4-6H2,1,3H3,(H,10,12). The van der Waals surface area contributed by atoms with E-state index in [2.05, 4.69) is 11.9 Å². The Morgan fingerprint density at radius 3 is 2.71 bits per heavy atom. The Morgan fingerprint density at radius 2 is 2.21 bits per heavy atom. The third kappa shape index (κ3) is 6.45. The third-order valence-corrected chi connectivity index (χ3v) is 1.33. The molecule has 0 bridgehead atoms. The smallest absolute Gasteiger partial charge is 0.407 e. The van der Waals surface area contributed by atoms with E-state index in [1.54, 1.807) is 13.8 Å². The fourth-order valence-corrected chi connectivity index (χ4v) is 0.632. The van der Waals surface area contributed by atoms with Crippen LogP contribution in [0.25, 0.3) is 0 Å². The number of ether oxygens (including phenoxy) is 2. The van der Waals surface area contributed by atoms with Gasteiger partial charge < -0.3 is 19.9 Å². The van der Waals surface area contributed by atoms with E-state index >= 15 is 0 Å². The minimum atomic E-state index is -0.993. The molecule has 0 radical (unpaired) electrons. The van der Waals surface area contributed by atoms with Crippen molar-refractivity contribution in [1.82, 2.24) is 5.32 Å². The molecule has 0 rings (SSSR count). The molecular formula is C9H17NO4. The average molecular weight is 203 g/mol. The minimum absolute atomic E-state index is 0.107. The Hall–Kier alpha value is -1.07. The van der Waals surface area contributed by atoms with Crippen LogP contribution in [0.15, 0.2) is 12.2 Å². The topological polar surface area (TPSA) is 67.8 Å². The maximum absolute atomic E-state index is 10.8. The van der Waals surface area contributed by atoms with E-state index in [-0.39, 0.29) is 13.2 Å². The molecule has 1 unspecified atom stereocenters. The number of carbonyl (C=O) groups excluding carboxylic acids is 1. The molecular weight excluding hydrogens is 186 g/mol. The molecule has 1 amide bonds. The van der Waals surface area contributed by atoms with Crippen molar-refractivity contribution in [3.63, 3.8) is 0 Å². The molecule has 14 heavy (non-hydrogen) atoms. The van der Waals surface area contributed by atoms with Gasteiger partial charge in [0.05, 0.1) is 6.61 Å². The highest BCUT2D eigenvalue weighted by atomic mass is 16.6. The number of hydrogen-bond acceptors (Lipinski definition) is 4. The number of alkyl carbamates (subject to hydrolysis) is 1. The second kappa shape index (κ2) is 7.34. The monoisotopic (exact) mass is 203 g/mol. The summed E-state index contributed by atoms with van der Waals surface area (Å²) in [6.07, 6.45) is -1.48. The summed E-state index contributed by atoms with van der Waals surface area (Å²) in [7, 11) is 0. The van der Waals surface area contributed by atoms with Gasteiger partial charge in [-0.05, 0) is 19.4 Å². The Morgan fingerprint density at radius 1 is 1.57 bits per heavy atom. The summed E-state index contributed by atoms with van der Waals surface area (Å²) < 4.78 is 9.58. The summed E-state index contributed by atoms with van der Waals surface area (Å²) in [5, 5.41) is 11.6. The van der Waals surface area contributed by atoms with Crippen LogP contribution in [0.1, 0.15) is 13.8 Å². The summed E-state index contributed by atoms with van der Waals surface area (Å²) in [5.74, 6) is 0. The van der Waals surface area contributed by atoms with Gasteiger partial charge in [0.25, 0.3) is 0 Å². The fourth-order valence-electron chi connectivity index (χ4n) is 0.632. The zero-order valence-electron chi connectivity index (χ0n) is 8.58. The van der Waals surface area contributed by atoms with Crippen molar-refractivity contribution in [1.29, 1.82) is 0 Å². The first-order valence-electron chi connectivity index (χ1n) is 4.43. The second-order valence-corrected chi connectivity index (χ2v) is 2.74. The number of nitrogens with one attached hydrogen (secondary N) is 1. The maximum Gasteiger partial charge on any atom is 0.407 e. The Labute approximate surface area is 83.7 Å². The van der Waals surface area contributed by atoms with Gasteiger partial charge in [0.2, 0.25) is 0 Å². The van der Waals surface area contributed by atoms with Crippen molar-refractivity contribution >= 4 is 6.09 Å². The zero-order chi connectivity index (χ0) is 11.0. The summed E-state index contributed by atoms with van der Waals surface area (Å²) in [4.78, 5) is 10.8. The molecule has 82 valence electrons. The van der Waals surface area contributed by atoms with Gasteiger partial charge in [-0.15, -0.1) is 0 Å². The van der Waals surface area contributed by atoms with Crippen molar-refractivity contribution in [2.24, 2.45) is 0 Å². The lowest BCUT2D eigenvalue weighted by atomic mass is 10.3. The first kappa shape index (κ1) is 12.9. The molecule has 0 aromatic carbocycles. The van der Waals surface area contributed by atoms with E-state index in [0.717, 1.165) is 0 Å². The Bertz CT molecular complexity index is 193. The van der Waals surface area contributed by atoms with Crippen LogP contribution >= 0.6 is 0 Å². The van der Waals surface area contributed by atoms with E-state index < -0.39 is 12.4 Å². The number of aliphatic hydroxyl groups is 1. The number of hydrogen-bond donors (Lipinski definition) is 2. The van der Waals surface area contributed by atoms with E-state index in [4.69, 9.17) is 14.6 Å². The van der Waals surface area contributed by atoms with Crippen LogP contribution in [-0.2, 0) is 9.47 Å². The fraction of sp³-hybridized carbons (Fsp3) is 0.667. The van der Waals surface area contributed by atoms with Crippen LogP contribution in [0.5, 0.6) is 0 Å². The molecule has 0 fully saturated rings. The van der Waals surface area contributed by atoms with Crippen molar-refractivity contribution in [3.05, 3.63) is 12.2 Å². The molecule has 5 heteroatoms. The van der Waals surface area contributed by atoms with Gasteiger partial charge in [-0.25, -0.2) is 4.79 Å². The van der Waals surface area contributed by atoms with Gasteiger partial charge in [0.1, 0.15) is 6.61 Å². The molecule has 0 aliphatic heterocycles. The molecule has 0 heterocycles. The molecule has 0 aliphatic carbocycles. The first-order chi connectivity index (χ1) is 6.57. The minimum Gasteiger partial charge on any atom is -0.447 e. The van der Waals surface area contributed by atoms with Crippen LogP contribution in [0.2, 0.25) is 0 Å². The number of rotatable bonds is 6. The Balaban J connectivity index is 3.37. The van der Waals surface area contributed by atoms with E-state index in [1.807, 2.05) is 0 Å². The highest BCUT2D eigenvalue weighted by Crippen LogP contribution is 1.98. The summed E-state index contributed by atoms with van der Waals surface area (Å²) in [5.41, 5.74) is 0.517. The van der Waals surface area contributed by atoms with Crippen molar-refractivity contribution in [2.45, 2.75) is 20.1 Å². The second-order valence-electron chi connectivity index (χ2n) is 2.74. The van der Waals surface area contributed by atoms with Crippen LogP contribution in [0, 0.1) is 0 Å². The van der Waals surface area contributed by atoms with Gasteiger partial charge in [-0.2, -0.15) is 0 Å². The predicted molar refractivity (Wildman–Crippen MR) is 51.8 cm³/mol. The van der Waals surface area contributed by atoms with Gasteiger partial charge in [-0.1, -0.05) is 6.58 Å². The molecule has 0 spiro atoms. The van der Waals surface area contributed by atoms with Crippen LogP contribution in [0.4, 0.5) is 4.79 Å². The van der Waals surface area contributed by atoms with E-state index in [9.17, 15) is 4.79 Å². The number of amides is 1. The first-order valence-corrected chi connectivity index (χ1v) is 4.43. The zero-order valence-corrected chi connectivity index (χ0v) is 8.58. The quantitative estimate of drug-likeness (QED) is 0.378. The average Bonchev–Trinajstić information content (AvgIpc) is 2.12. The molecule has 0 aliphatic rings. The van der Waals surface area contributed by atoms with Gasteiger partial charge >= 0.3 is 6.09 Å². The van der Waals surface area contributed by atoms with Crippen LogP contribution in [-0.4, -0.2) is 37.2 Å². The summed E-state index contributed by atoms with van der Waals surface area (Å²) >= 11 is 0. The summed E-state index contributed by atoms with van der Waals surface area (Å²) in [6.45, 7) is 7.72. The maximum atomic E-state index is 10.8. The van der Waals surface area contributed by atoms with Crippen molar-refractivity contribution in [3.8, 4) is 0 Å². The molecule has 2 N–H and O–H groups in total. The lowest BCUT2D eigenvalue weighted by Gasteiger charge is -2.11. The van der Waals surface area contributed by atoms with Gasteiger partial charge in [0.15, 0.2) is 6.29 Å². The molecule has 0 saturated heterocycles. The molecule has 1 atom stereocenters. The number of aliphatic hydroxyl groups excluding tert-OH is 1. The number of carbonyl (C=O) groups is 1. The van der Waals surface area contributed by atoms with Crippen molar-refractivity contribution in [2.75, 3.05) is 19.8 Å². The third-order valence-electron chi connectivity index (χ3n) is 1.33. The summed E-state index contributed by atoms with van der Waals surface area (Å²) in [6, 6.07) is 0. The molecule has 5 nitrogen and oxygen atoms in total. The van der Waals surface area contributed by atoms with Gasteiger partial charge in [-0.3, -0.25) is 0 Å². The van der Waals surface area contributed by atoms with Crippen LogP contribution in [0.3, 0.4) is 0 Å². The Kier molecular flexibility index (Phi) is 6.78. The van der Waals surface area contributed by atoms with E-state index in [1.165, 1.54) is 0 Å². The highest BCUT2D eigenvalue weighted by molar-refractivity contribution is 5.66. The normalized spacial score (nSPS) is 11.9. The van der Waals surface area contributed by atoms with E-state index in [0.29, 0.717) is 12.1 Å². The van der Waals surface area contributed by atoms with Crippen LogP contribution < -0.4 is 5.32 Å².